The zero-order valence-electron chi connectivity index (χ0n) is 7.37. The zero-order valence-corrected chi connectivity index (χ0v) is 8.12. The third-order valence-corrected chi connectivity index (χ3v) is 2.08. The van der Waals surface area contributed by atoms with Gasteiger partial charge < -0.3 is 5.73 Å². The summed E-state index contributed by atoms with van der Waals surface area (Å²) in [6.07, 6.45) is 0.593. The molecule has 0 saturated carbocycles. The van der Waals surface area contributed by atoms with E-state index in [-0.39, 0.29) is 0 Å². The van der Waals surface area contributed by atoms with E-state index < -0.39 is 0 Å². The third-order valence-electron chi connectivity index (χ3n) is 1.91. The number of nitrogens with two attached hydrogens (primary N) is 1. The van der Waals surface area contributed by atoms with Crippen LogP contribution in [0.25, 0.3) is 0 Å². The van der Waals surface area contributed by atoms with Gasteiger partial charge in [-0.1, -0.05) is 18.2 Å². The second-order valence-corrected chi connectivity index (χ2v) is 3.28. The lowest BCUT2D eigenvalue weighted by Gasteiger charge is -2.00. The molecule has 0 spiro atoms. The van der Waals surface area contributed by atoms with Gasteiger partial charge in [0.15, 0.2) is 5.82 Å². The van der Waals surface area contributed by atoms with Crippen LogP contribution in [0.5, 0.6) is 0 Å². The highest BCUT2D eigenvalue weighted by molar-refractivity contribution is 6.28. The molecule has 0 fully saturated rings. The van der Waals surface area contributed by atoms with Gasteiger partial charge in [-0.2, -0.15) is 5.10 Å². The highest BCUT2D eigenvalue weighted by Gasteiger charge is 2.04. The van der Waals surface area contributed by atoms with Crippen molar-refractivity contribution in [3.8, 4) is 0 Å². The second kappa shape index (κ2) is 3.67. The first kappa shape index (κ1) is 9.02. The molecule has 0 radical (unpaired) electrons. The van der Waals surface area contributed by atoms with Crippen LogP contribution in [0.1, 0.15) is 11.4 Å². The average molecular weight is 209 g/mol. The number of hydrogen-bond donors (Lipinski definition) is 2. The van der Waals surface area contributed by atoms with Gasteiger partial charge in [0.25, 0.3) is 0 Å². The number of nitrogens with one attached hydrogen (secondary N) is 1. The van der Waals surface area contributed by atoms with Gasteiger partial charge >= 0.3 is 0 Å². The molecular weight excluding hydrogens is 200 g/mol. The average Bonchev–Trinajstić information content (AvgIpc) is 2.56. The molecule has 3 N–H and O–H groups in total. The molecule has 0 amide bonds. The zero-order chi connectivity index (χ0) is 9.97. The molecule has 0 bridgehead atoms. The van der Waals surface area contributed by atoms with Crippen LogP contribution < -0.4 is 5.73 Å². The Kier molecular flexibility index (Phi) is 2.37. The van der Waals surface area contributed by atoms with E-state index in [1.54, 1.807) is 0 Å². The minimum atomic E-state index is 0.300. The molecule has 1 aromatic heterocycles. The summed E-state index contributed by atoms with van der Waals surface area (Å²) in [5.74, 6) is 0.646. The molecule has 2 aromatic rings. The molecular formula is C9H9ClN4. The van der Waals surface area contributed by atoms with Crippen LogP contribution in [0.15, 0.2) is 24.3 Å². The molecule has 0 aliphatic heterocycles. The summed E-state index contributed by atoms with van der Waals surface area (Å²) in [6.45, 7) is 0. The molecule has 4 nitrogen and oxygen atoms in total. The van der Waals surface area contributed by atoms with Crippen LogP contribution in [-0.2, 0) is 6.42 Å². The number of aromatic amines is 1. The van der Waals surface area contributed by atoms with Crippen molar-refractivity contribution in [2.45, 2.75) is 6.42 Å². The quantitative estimate of drug-likeness (QED) is 0.738. The first-order valence-corrected chi connectivity index (χ1v) is 4.53. The van der Waals surface area contributed by atoms with Gasteiger partial charge in [0.1, 0.15) is 0 Å². The first-order chi connectivity index (χ1) is 6.75. The monoisotopic (exact) mass is 208 g/mol. The first-order valence-electron chi connectivity index (χ1n) is 4.16. The number of nitrogens with zero attached hydrogens (tertiary/aromatic N) is 2. The molecule has 1 heterocycles. The molecule has 0 aliphatic carbocycles. The highest BCUT2D eigenvalue weighted by Crippen LogP contribution is 2.14. The van der Waals surface area contributed by atoms with Crippen molar-refractivity contribution >= 4 is 17.3 Å². The lowest BCUT2D eigenvalue weighted by atomic mass is 10.1. The maximum atomic E-state index is 5.78. The maximum Gasteiger partial charge on any atom is 0.218 e. The fourth-order valence-corrected chi connectivity index (χ4v) is 1.36. The van der Waals surface area contributed by atoms with E-state index >= 15 is 0 Å². The summed E-state index contributed by atoms with van der Waals surface area (Å²) < 4.78 is 0. The van der Waals surface area contributed by atoms with E-state index in [4.69, 9.17) is 17.3 Å². The number of benzene rings is 1. The van der Waals surface area contributed by atoms with E-state index in [0.717, 1.165) is 11.3 Å². The highest BCUT2D eigenvalue weighted by atomic mass is 35.5. The molecule has 0 aliphatic rings. The summed E-state index contributed by atoms with van der Waals surface area (Å²) in [5, 5.41) is 6.80. The summed E-state index contributed by atoms with van der Waals surface area (Å²) in [5.41, 5.74) is 7.52. The Bertz CT molecular complexity index is 438. The van der Waals surface area contributed by atoms with Gasteiger partial charge in [-0.15, -0.1) is 0 Å². The van der Waals surface area contributed by atoms with Crippen molar-refractivity contribution in [2.75, 3.05) is 5.73 Å². The van der Waals surface area contributed by atoms with Crippen LogP contribution >= 0.6 is 11.6 Å². The molecule has 0 unspecified atom stereocenters. The van der Waals surface area contributed by atoms with E-state index in [1.165, 1.54) is 0 Å². The van der Waals surface area contributed by atoms with Crippen molar-refractivity contribution in [3.05, 3.63) is 40.9 Å². The van der Waals surface area contributed by atoms with E-state index in [1.807, 2.05) is 24.3 Å². The van der Waals surface area contributed by atoms with Crippen LogP contribution in [0.4, 0.5) is 5.69 Å². The number of anilines is 1. The smallest absolute Gasteiger partial charge is 0.218 e. The summed E-state index contributed by atoms with van der Waals surface area (Å²) in [4.78, 5) is 3.99. The number of hydrogen-bond acceptors (Lipinski definition) is 3. The number of aromatic nitrogens is 3. The van der Waals surface area contributed by atoms with Crippen molar-refractivity contribution < 1.29 is 0 Å². The van der Waals surface area contributed by atoms with Gasteiger partial charge in [-0.25, -0.2) is 10.1 Å². The Balaban J connectivity index is 2.23. The Labute approximate surface area is 86.1 Å². The number of H-pyrrole nitrogens is 1. The van der Waals surface area contributed by atoms with Crippen molar-refractivity contribution in [3.63, 3.8) is 0 Å². The van der Waals surface area contributed by atoms with E-state index in [9.17, 15) is 0 Å². The van der Waals surface area contributed by atoms with Gasteiger partial charge in [0, 0.05) is 12.1 Å². The molecule has 2 rings (SSSR count). The SMILES string of the molecule is Nc1ccccc1Cc1n[nH]c(Cl)n1. The Morgan fingerprint density at radius 1 is 1.36 bits per heavy atom. The van der Waals surface area contributed by atoms with Crippen LogP contribution in [0.3, 0.4) is 0 Å². The number of rotatable bonds is 2. The molecule has 0 saturated heterocycles. The third kappa shape index (κ3) is 1.85. The molecule has 0 atom stereocenters. The summed E-state index contributed by atoms with van der Waals surface area (Å²) in [6, 6.07) is 7.62. The van der Waals surface area contributed by atoms with Crippen LogP contribution in [0.2, 0.25) is 5.28 Å². The lowest BCUT2D eigenvalue weighted by Crippen LogP contribution is -1.96. The van der Waals surface area contributed by atoms with Crippen molar-refractivity contribution in [1.82, 2.24) is 15.2 Å². The van der Waals surface area contributed by atoms with E-state index in [2.05, 4.69) is 15.2 Å². The van der Waals surface area contributed by atoms with Crippen molar-refractivity contribution in [1.29, 1.82) is 0 Å². The van der Waals surface area contributed by atoms with E-state index in [0.29, 0.717) is 17.5 Å². The standard InChI is InChI=1S/C9H9ClN4/c10-9-12-8(13-14-9)5-6-3-1-2-4-7(6)11/h1-4H,5,11H2,(H,12,13,14). The second-order valence-electron chi connectivity index (χ2n) is 2.92. The number of nitrogen functional groups attached to an aromatic ring is 1. The molecule has 5 heteroatoms. The molecule has 14 heavy (non-hydrogen) atoms. The Hall–Kier alpha value is -1.55. The van der Waals surface area contributed by atoms with Gasteiger partial charge in [-0.3, -0.25) is 0 Å². The predicted molar refractivity (Wildman–Crippen MR) is 55.1 cm³/mol. The summed E-state index contributed by atoms with van der Waals surface area (Å²) in [7, 11) is 0. The minimum Gasteiger partial charge on any atom is -0.398 e. The van der Waals surface area contributed by atoms with Crippen LogP contribution in [0, 0.1) is 0 Å². The fraction of sp³-hybridized carbons (Fsp3) is 0.111. The topological polar surface area (TPSA) is 67.6 Å². The number of halogens is 1. The fourth-order valence-electron chi connectivity index (χ4n) is 1.22. The van der Waals surface area contributed by atoms with Gasteiger partial charge in [0.05, 0.1) is 0 Å². The Morgan fingerprint density at radius 2 is 2.14 bits per heavy atom. The Morgan fingerprint density at radius 3 is 2.79 bits per heavy atom. The largest absolute Gasteiger partial charge is 0.398 e. The maximum absolute atomic E-state index is 5.78. The van der Waals surface area contributed by atoms with Gasteiger partial charge in [0.2, 0.25) is 5.28 Å². The van der Waals surface area contributed by atoms with Crippen LogP contribution in [-0.4, -0.2) is 15.2 Å². The minimum absolute atomic E-state index is 0.300. The number of para-hydroxylation sites is 1. The predicted octanol–water partition coefficient (Wildman–Crippen LogP) is 1.63. The normalized spacial score (nSPS) is 10.4. The molecule has 1 aromatic carbocycles. The van der Waals surface area contributed by atoms with Gasteiger partial charge in [-0.05, 0) is 23.2 Å². The summed E-state index contributed by atoms with van der Waals surface area (Å²) >= 11 is 5.61. The van der Waals surface area contributed by atoms with Crippen molar-refractivity contribution in [2.24, 2.45) is 0 Å². The lowest BCUT2D eigenvalue weighted by molar-refractivity contribution is 0.974. The molecule has 72 valence electrons.